The van der Waals surface area contributed by atoms with Gasteiger partial charge in [0.2, 0.25) is 0 Å². The molecule has 0 aliphatic carbocycles. The minimum atomic E-state index is -0.450. The van der Waals surface area contributed by atoms with Crippen LogP contribution in [0.15, 0.2) is 18.3 Å². The molecule has 1 amide bonds. The summed E-state index contributed by atoms with van der Waals surface area (Å²) in [6.45, 7) is 9.17. The first-order valence-electron chi connectivity index (χ1n) is 7.90. The molecule has 1 aliphatic heterocycles. The van der Waals surface area contributed by atoms with Crippen LogP contribution in [0.5, 0.6) is 0 Å². The summed E-state index contributed by atoms with van der Waals surface area (Å²) in [5.74, 6) is 0.946. The summed E-state index contributed by atoms with van der Waals surface area (Å²) < 4.78 is 5.48. The first-order valence-corrected chi connectivity index (χ1v) is 7.90. The second-order valence-electron chi connectivity index (χ2n) is 7.03. The van der Waals surface area contributed by atoms with E-state index in [-0.39, 0.29) is 12.1 Å². The Kier molecular flexibility index (Phi) is 4.94. The van der Waals surface area contributed by atoms with E-state index in [1.807, 2.05) is 51.9 Å². The molecule has 1 fully saturated rings. The van der Waals surface area contributed by atoms with E-state index < -0.39 is 5.60 Å². The van der Waals surface area contributed by atoms with E-state index in [1.165, 1.54) is 0 Å². The van der Waals surface area contributed by atoms with Gasteiger partial charge in [0.1, 0.15) is 11.4 Å². The summed E-state index contributed by atoms with van der Waals surface area (Å²) in [5.41, 5.74) is 0.699. The molecule has 2 heterocycles. The van der Waals surface area contributed by atoms with Crippen molar-refractivity contribution in [1.82, 2.24) is 9.88 Å². The van der Waals surface area contributed by atoms with Gasteiger partial charge in [-0.3, -0.25) is 0 Å². The maximum Gasteiger partial charge on any atom is 0.410 e. The SMILES string of the molecule is Cc1ccc(N(C)[C@H]2CCCN(C(=O)OC(C)(C)C)C2)nc1. The zero-order valence-corrected chi connectivity index (χ0v) is 14.3. The maximum atomic E-state index is 12.2. The molecule has 2 rings (SSSR count). The second-order valence-corrected chi connectivity index (χ2v) is 7.03. The molecule has 0 radical (unpaired) electrons. The van der Waals surface area contributed by atoms with Gasteiger partial charge in [0.15, 0.2) is 0 Å². The van der Waals surface area contributed by atoms with Crippen molar-refractivity contribution in [1.29, 1.82) is 0 Å². The number of ether oxygens (including phenoxy) is 1. The van der Waals surface area contributed by atoms with E-state index in [0.29, 0.717) is 6.54 Å². The quantitative estimate of drug-likeness (QED) is 0.841. The van der Waals surface area contributed by atoms with Crippen molar-refractivity contribution in [3.63, 3.8) is 0 Å². The summed E-state index contributed by atoms with van der Waals surface area (Å²) >= 11 is 0. The van der Waals surface area contributed by atoms with Gasteiger partial charge >= 0.3 is 6.09 Å². The van der Waals surface area contributed by atoms with E-state index >= 15 is 0 Å². The number of anilines is 1. The van der Waals surface area contributed by atoms with Crippen molar-refractivity contribution in [3.8, 4) is 0 Å². The molecule has 0 unspecified atom stereocenters. The number of amides is 1. The molecule has 122 valence electrons. The number of nitrogens with zero attached hydrogens (tertiary/aromatic N) is 3. The van der Waals surface area contributed by atoms with E-state index in [4.69, 9.17) is 4.74 Å². The molecule has 5 nitrogen and oxygen atoms in total. The van der Waals surface area contributed by atoms with Crippen LogP contribution >= 0.6 is 0 Å². The van der Waals surface area contributed by atoms with Gasteiger partial charge in [-0.1, -0.05) is 6.07 Å². The van der Waals surface area contributed by atoms with E-state index in [1.54, 1.807) is 0 Å². The molecule has 1 aliphatic rings. The average Bonchev–Trinajstić information content (AvgIpc) is 2.46. The number of carbonyl (C=O) groups excluding carboxylic acids is 1. The highest BCUT2D eigenvalue weighted by atomic mass is 16.6. The highest BCUT2D eigenvalue weighted by Crippen LogP contribution is 2.21. The van der Waals surface area contributed by atoms with Crippen LogP contribution < -0.4 is 4.90 Å². The number of carbonyl (C=O) groups is 1. The number of rotatable bonds is 2. The van der Waals surface area contributed by atoms with E-state index in [0.717, 1.165) is 30.8 Å². The standard InChI is InChI=1S/C17H27N3O2/c1-13-8-9-15(18-11-13)19(5)14-7-6-10-20(12-14)16(21)22-17(2,3)4/h8-9,11,14H,6-7,10,12H2,1-5H3/t14-/m0/s1. The fourth-order valence-corrected chi connectivity index (χ4v) is 2.62. The highest BCUT2D eigenvalue weighted by Gasteiger charge is 2.29. The fraction of sp³-hybridized carbons (Fsp3) is 0.647. The van der Waals surface area contributed by atoms with Crippen molar-refractivity contribution >= 4 is 11.9 Å². The van der Waals surface area contributed by atoms with Crippen LogP contribution in [0.3, 0.4) is 0 Å². The minimum absolute atomic E-state index is 0.220. The smallest absolute Gasteiger partial charge is 0.410 e. The summed E-state index contributed by atoms with van der Waals surface area (Å²) in [6.07, 6.45) is 3.70. The summed E-state index contributed by atoms with van der Waals surface area (Å²) in [5, 5.41) is 0. The molecule has 22 heavy (non-hydrogen) atoms. The topological polar surface area (TPSA) is 45.7 Å². The number of aromatic nitrogens is 1. The van der Waals surface area contributed by atoms with Crippen LogP contribution in [0.25, 0.3) is 0 Å². The second kappa shape index (κ2) is 6.55. The van der Waals surface area contributed by atoms with Gasteiger partial charge in [-0.2, -0.15) is 0 Å². The van der Waals surface area contributed by atoms with Crippen LogP contribution in [0.1, 0.15) is 39.2 Å². The van der Waals surface area contributed by atoms with Crippen LogP contribution in [0, 0.1) is 6.92 Å². The number of hydrogen-bond acceptors (Lipinski definition) is 4. The Morgan fingerprint density at radius 2 is 2.14 bits per heavy atom. The zero-order valence-electron chi connectivity index (χ0n) is 14.3. The molecular weight excluding hydrogens is 278 g/mol. The molecular formula is C17H27N3O2. The lowest BCUT2D eigenvalue weighted by Gasteiger charge is -2.38. The Balaban J connectivity index is 2.00. The van der Waals surface area contributed by atoms with Gasteiger partial charge in [-0.25, -0.2) is 9.78 Å². The molecule has 0 spiro atoms. The van der Waals surface area contributed by atoms with Crippen molar-refractivity contribution < 1.29 is 9.53 Å². The number of piperidine rings is 1. The minimum Gasteiger partial charge on any atom is -0.444 e. The molecule has 1 atom stereocenters. The molecule has 0 N–H and O–H groups in total. The number of hydrogen-bond donors (Lipinski definition) is 0. The maximum absolute atomic E-state index is 12.2. The van der Waals surface area contributed by atoms with E-state index in [2.05, 4.69) is 16.0 Å². The molecule has 0 aromatic carbocycles. The van der Waals surface area contributed by atoms with Crippen molar-refractivity contribution in [2.75, 3.05) is 25.0 Å². The Hall–Kier alpha value is -1.78. The number of likely N-dealkylation sites (tertiary alicyclic amines) is 1. The number of aryl methyl sites for hydroxylation is 1. The first-order chi connectivity index (χ1) is 10.3. The van der Waals surface area contributed by atoms with Crippen LogP contribution in [0.4, 0.5) is 10.6 Å². The average molecular weight is 305 g/mol. The van der Waals surface area contributed by atoms with Crippen LogP contribution in [-0.4, -0.2) is 47.8 Å². The fourth-order valence-electron chi connectivity index (χ4n) is 2.62. The zero-order chi connectivity index (χ0) is 16.3. The van der Waals surface area contributed by atoms with Crippen molar-refractivity contribution in [3.05, 3.63) is 23.9 Å². The van der Waals surface area contributed by atoms with E-state index in [9.17, 15) is 4.79 Å². The third-order valence-electron chi connectivity index (χ3n) is 3.85. The molecule has 1 aromatic heterocycles. The van der Waals surface area contributed by atoms with Gasteiger partial charge in [0.05, 0.1) is 0 Å². The number of likely N-dealkylation sites (N-methyl/N-ethyl adjacent to an activating group) is 1. The predicted molar refractivity (Wildman–Crippen MR) is 88.2 cm³/mol. The third kappa shape index (κ3) is 4.36. The molecule has 1 saturated heterocycles. The first kappa shape index (κ1) is 16.6. The van der Waals surface area contributed by atoms with Gasteiger partial charge in [0.25, 0.3) is 0 Å². The lowest BCUT2D eigenvalue weighted by molar-refractivity contribution is 0.0199. The van der Waals surface area contributed by atoms with Gasteiger partial charge < -0.3 is 14.5 Å². The largest absolute Gasteiger partial charge is 0.444 e. The lowest BCUT2D eigenvalue weighted by atomic mass is 10.0. The van der Waals surface area contributed by atoms with Crippen molar-refractivity contribution in [2.24, 2.45) is 0 Å². The molecule has 5 heteroatoms. The monoisotopic (exact) mass is 305 g/mol. The Bertz CT molecular complexity index is 508. The number of pyridine rings is 1. The highest BCUT2D eigenvalue weighted by molar-refractivity contribution is 5.68. The summed E-state index contributed by atoms with van der Waals surface area (Å²) in [4.78, 5) is 20.7. The van der Waals surface area contributed by atoms with Gasteiger partial charge in [0, 0.05) is 32.4 Å². The molecule has 0 saturated carbocycles. The van der Waals surface area contributed by atoms with Gasteiger partial charge in [-0.15, -0.1) is 0 Å². The van der Waals surface area contributed by atoms with Crippen molar-refractivity contribution in [2.45, 2.75) is 52.2 Å². The predicted octanol–water partition coefficient (Wildman–Crippen LogP) is 3.23. The third-order valence-corrected chi connectivity index (χ3v) is 3.85. The normalized spacial score (nSPS) is 19.0. The molecule has 1 aromatic rings. The van der Waals surface area contributed by atoms with Gasteiger partial charge in [-0.05, 0) is 52.2 Å². The van der Waals surface area contributed by atoms with Crippen LogP contribution in [0.2, 0.25) is 0 Å². The molecule has 0 bridgehead atoms. The summed E-state index contributed by atoms with van der Waals surface area (Å²) in [7, 11) is 2.04. The Morgan fingerprint density at radius 3 is 2.73 bits per heavy atom. The lowest BCUT2D eigenvalue weighted by Crippen LogP contribution is -2.50. The summed E-state index contributed by atoms with van der Waals surface area (Å²) in [6, 6.07) is 4.37. The van der Waals surface area contributed by atoms with Crippen LogP contribution in [-0.2, 0) is 4.74 Å². The Labute approximate surface area is 133 Å². The Morgan fingerprint density at radius 1 is 1.41 bits per heavy atom.